The predicted octanol–water partition coefficient (Wildman–Crippen LogP) is 3.88. The van der Waals surface area contributed by atoms with E-state index in [0.717, 1.165) is 29.1 Å². The quantitative estimate of drug-likeness (QED) is 0.745. The van der Waals surface area contributed by atoms with Crippen molar-refractivity contribution in [2.24, 2.45) is 0 Å². The van der Waals surface area contributed by atoms with Gasteiger partial charge in [0.15, 0.2) is 0 Å². The highest BCUT2D eigenvalue weighted by Crippen LogP contribution is 2.28. The van der Waals surface area contributed by atoms with Crippen LogP contribution in [-0.4, -0.2) is 27.4 Å². The number of nitrogens with zero attached hydrogens (tertiary/aromatic N) is 3. The van der Waals surface area contributed by atoms with Crippen LogP contribution >= 0.6 is 0 Å². The monoisotopic (exact) mass is 320 g/mol. The number of nitrogens with two attached hydrogens (primary N) is 1. The summed E-state index contributed by atoms with van der Waals surface area (Å²) in [7, 11) is 0. The molecule has 4 heteroatoms. The lowest BCUT2D eigenvalue weighted by Crippen LogP contribution is -2.29. The number of rotatable bonds is 3. The van der Waals surface area contributed by atoms with Crippen molar-refractivity contribution in [3.05, 3.63) is 53.9 Å². The second-order valence-corrected chi connectivity index (χ2v) is 6.73. The predicted molar refractivity (Wildman–Crippen MR) is 98.9 cm³/mol. The largest absolute Gasteiger partial charge is 0.399 e. The number of nitrogen functional groups attached to an aromatic ring is 1. The average molecular weight is 320 g/mol. The molecule has 0 spiro atoms. The van der Waals surface area contributed by atoms with Gasteiger partial charge in [0.05, 0.1) is 11.4 Å². The number of benzene rings is 1. The molecule has 4 nitrogen and oxygen atoms in total. The first-order valence-corrected chi connectivity index (χ1v) is 8.77. The van der Waals surface area contributed by atoms with Gasteiger partial charge in [-0.25, -0.2) is 4.98 Å². The molecule has 1 saturated heterocycles. The molecule has 1 fully saturated rings. The third kappa shape index (κ3) is 2.78. The van der Waals surface area contributed by atoms with E-state index in [9.17, 15) is 0 Å². The summed E-state index contributed by atoms with van der Waals surface area (Å²) in [6, 6.07) is 14.4. The van der Waals surface area contributed by atoms with E-state index < -0.39 is 0 Å². The van der Waals surface area contributed by atoms with Gasteiger partial charge in [-0.1, -0.05) is 24.6 Å². The summed E-state index contributed by atoms with van der Waals surface area (Å²) in [6.07, 6.45) is 3.94. The van der Waals surface area contributed by atoms with Gasteiger partial charge < -0.3 is 5.73 Å². The minimum atomic E-state index is 0.783. The van der Waals surface area contributed by atoms with Crippen LogP contribution in [0.1, 0.15) is 30.7 Å². The Kier molecular flexibility index (Phi) is 3.98. The smallest absolute Gasteiger partial charge is 0.137 e. The number of aromatic nitrogens is 2. The number of anilines is 1. The first-order chi connectivity index (χ1) is 11.7. The van der Waals surface area contributed by atoms with Gasteiger partial charge in [-0.3, -0.25) is 9.30 Å². The number of hydrogen-bond donors (Lipinski definition) is 1. The molecule has 0 amide bonds. The Morgan fingerprint density at radius 2 is 1.83 bits per heavy atom. The molecule has 24 heavy (non-hydrogen) atoms. The maximum atomic E-state index is 6.01. The number of aryl methyl sites for hydroxylation is 1. The topological polar surface area (TPSA) is 46.6 Å². The van der Waals surface area contributed by atoms with Crippen LogP contribution in [0.4, 0.5) is 5.69 Å². The molecule has 0 radical (unpaired) electrons. The third-order valence-electron chi connectivity index (χ3n) is 4.92. The van der Waals surface area contributed by atoms with Gasteiger partial charge in [0.25, 0.3) is 0 Å². The Morgan fingerprint density at radius 1 is 1.04 bits per heavy atom. The third-order valence-corrected chi connectivity index (χ3v) is 4.92. The van der Waals surface area contributed by atoms with Crippen LogP contribution in [0.25, 0.3) is 16.9 Å². The Hall–Kier alpha value is -2.33. The second-order valence-electron chi connectivity index (χ2n) is 6.73. The van der Waals surface area contributed by atoms with Crippen molar-refractivity contribution in [1.82, 2.24) is 14.3 Å². The van der Waals surface area contributed by atoms with E-state index in [1.807, 2.05) is 18.2 Å². The Bertz CT molecular complexity index is 859. The van der Waals surface area contributed by atoms with Gasteiger partial charge in [0.2, 0.25) is 0 Å². The number of imidazole rings is 1. The minimum Gasteiger partial charge on any atom is -0.399 e. The summed E-state index contributed by atoms with van der Waals surface area (Å²) in [4.78, 5) is 7.48. The van der Waals surface area contributed by atoms with Crippen molar-refractivity contribution in [2.75, 3.05) is 18.8 Å². The van der Waals surface area contributed by atoms with Crippen LogP contribution in [0.5, 0.6) is 0 Å². The fourth-order valence-corrected chi connectivity index (χ4v) is 3.72. The normalized spacial score (nSPS) is 15.9. The molecular formula is C20H24N4. The van der Waals surface area contributed by atoms with Gasteiger partial charge in [0, 0.05) is 23.5 Å². The van der Waals surface area contributed by atoms with Gasteiger partial charge in [-0.15, -0.1) is 0 Å². The molecule has 1 aliphatic heterocycles. The molecule has 0 bridgehead atoms. The van der Waals surface area contributed by atoms with Crippen LogP contribution < -0.4 is 5.73 Å². The summed E-state index contributed by atoms with van der Waals surface area (Å²) < 4.78 is 2.30. The van der Waals surface area contributed by atoms with Crippen molar-refractivity contribution in [3.8, 4) is 11.3 Å². The fourth-order valence-electron chi connectivity index (χ4n) is 3.72. The maximum absolute atomic E-state index is 6.01. The molecule has 124 valence electrons. The summed E-state index contributed by atoms with van der Waals surface area (Å²) >= 11 is 0. The minimum absolute atomic E-state index is 0.783. The van der Waals surface area contributed by atoms with Crippen LogP contribution in [-0.2, 0) is 6.54 Å². The van der Waals surface area contributed by atoms with E-state index >= 15 is 0 Å². The molecule has 3 heterocycles. The molecule has 4 rings (SSSR count). The average Bonchev–Trinajstić information content (AvgIpc) is 2.96. The zero-order chi connectivity index (χ0) is 16.5. The molecule has 0 aliphatic carbocycles. The molecule has 1 aliphatic rings. The lowest BCUT2D eigenvalue weighted by molar-refractivity contribution is 0.218. The molecule has 0 atom stereocenters. The summed E-state index contributed by atoms with van der Waals surface area (Å²) in [6.45, 7) is 5.44. The van der Waals surface area contributed by atoms with Gasteiger partial charge in [0.1, 0.15) is 5.65 Å². The van der Waals surface area contributed by atoms with Gasteiger partial charge in [-0.05, 0) is 57.1 Å². The molecule has 0 unspecified atom stereocenters. The van der Waals surface area contributed by atoms with Crippen molar-refractivity contribution >= 4 is 11.3 Å². The molecule has 2 N–H and O–H groups in total. The van der Waals surface area contributed by atoms with Crippen LogP contribution in [0.15, 0.2) is 42.5 Å². The fraction of sp³-hybridized carbons (Fsp3) is 0.350. The van der Waals surface area contributed by atoms with Crippen molar-refractivity contribution in [1.29, 1.82) is 0 Å². The van der Waals surface area contributed by atoms with E-state index in [-0.39, 0.29) is 0 Å². The number of hydrogen-bond acceptors (Lipinski definition) is 3. The lowest BCUT2D eigenvalue weighted by Gasteiger charge is -2.26. The first kappa shape index (κ1) is 15.2. The highest BCUT2D eigenvalue weighted by atomic mass is 15.2. The van der Waals surface area contributed by atoms with Gasteiger partial charge in [-0.2, -0.15) is 0 Å². The highest BCUT2D eigenvalue weighted by molar-refractivity contribution is 5.69. The standard InChI is InChI=1S/C20H24N4/c1-15-7-5-10-19-22-20(16-8-6-9-17(21)13-16)18(24(15)19)14-23-11-3-2-4-12-23/h5-10,13H,2-4,11-12,14,21H2,1H3. The van der Waals surface area contributed by atoms with E-state index in [4.69, 9.17) is 10.7 Å². The molecule has 1 aromatic carbocycles. The number of pyridine rings is 1. The SMILES string of the molecule is Cc1cccc2nc(-c3cccc(N)c3)c(CN3CCCCC3)n12. The van der Waals surface area contributed by atoms with E-state index in [1.165, 1.54) is 43.7 Å². The molecular weight excluding hydrogens is 296 g/mol. The van der Waals surface area contributed by atoms with Crippen LogP contribution in [0.3, 0.4) is 0 Å². The highest BCUT2D eigenvalue weighted by Gasteiger charge is 2.19. The van der Waals surface area contributed by atoms with E-state index in [0.29, 0.717) is 0 Å². The Balaban J connectivity index is 1.85. The summed E-state index contributed by atoms with van der Waals surface area (Å²) in [5, 5.41) is 0. The zero-order valence-electron chi connectivity index (χ0n) is 14.2. The number of fused-ring (bicyclic) bond motifs is 1. The van der Waals surface area contributed by atoms with Crippen molar-refractivity contribution in [2.45, 2.75) is 32.7 Å². The Labute approximate surface area is 142 Å². The van der Waals surface area contributed by atoms with Crippen LogP contribution in [0, 0.1) is 6.92 Å². The molecule has 2 aromatic heterocycles. The van der Waals surface area contributed by atoms with Crippen molar-refractivity contribution in [3.63, 3.8) is 0 Å². The summed E-state index contributed by atoms with van der Waals surface area (Å²) in [5.41, 5.74) is 12.5. The lowest BCUT2D eigenvalue weighted by atomic mass is 10.1. The first-order valence-electron chi connectivity index (χ1n) is 8.77. The summed E-state index contributed by atoms with van der Waals surface area (Å²) in [5.74, 6) is 0. The van der Waals surface area contributed by atoms with E-state index in [1.54, 1.807) is 0 Å². The van der Waals surface area contributed by atoms with Crippen molar-refractivity contribution < 1.29 is 0 Å². The van der Waals surface area contributed by atoms with E-state index in [2.05, 4.69) is 40.5 Å². The number of piperidine rings is 1. The zero-order valence-corrected chi connectivity index (χ0v) is 14.2. The molecule has 3 aromatic rings. The Morgan fingerprint density at radius 3 is 2.62 bits per heavy atom. The van der Waals surface area contributed by atoms with Gasteiger partial charge >= 0.3 is 0 Å². The number of likely N-dealkylation sites (tertiary alicyclic amines) is 1. The maximum Gasteiger partial charge on any atom is 0.137 e. The second kappa shape index (κ2) is 6.29. The molecule has 0 saturated carbocycles. The van der Waals surface area contributed by atoms with Crippen LogP contribution in [0.2, 0.25) is 0 Å².